The number of carbonyl (C=O) groups is 2. The summed E-state index contributed by atoms with van der Waals surface area (Å²) in [7, 11) is 0. The number of carbonyl (C=O) groups excluding carboxylic acids is 2. The lowest BCUT2D eigenvalue weighted by Crippen LogP contribution is -2.48. The van der Waals surface area contributed by atoms with Crippen LogP contribution in [-0.4, -0.2) is 94.3 Å². The van der Waals surface area contributed by atoms with Gasteiger partial charge in [0.05, 0.1) is 11.3 Å². The van der Waals surface area contributed by atoms with E-state index in [1.165, 1.54) is 41.8 Å². The molecule has 6 rings (SSSR count). The van der Waals surface area contributed by atoms with Gasteiger partial charge in [-0.2, -0.15) is 13.9 Å². The number of nitrogens with zero attached hydrogens (tertiary/aromatic N) is 6. The van der Waals surface area contributed by atoms with Crippen LogP contribution in [0.3, 0.4) is 0 Å². The summed E-state index contributed by atoms with van der Waals surface area (Å²) < 4.78 is 33.1. The summed E-state index contributed by atoms with van der Waals surface area (Å²) in [6, 6.07) is 5.34. The maximum Gasteiger partial charge on any atom is 0.387 e. The van der Waals surface area contributed by atoms with Crippen LogP contribution in [0.15, 0.2) is 58.0 Å². The Kier molecular flexibility index (Phi) is 9.28. The second kappa shape index (κ2) is 13.5. The quantitative estimate of drug-likeness (QED) is 0.404. The average molecular weight is 627 g/mol. The number of alkyl halides is 2. The third-order valence-corrected chi connectivity index (χ3v) is 9.13. The minimum absolute atomic E-state index is 0.0527. The van der Waals surface area contributed by atoms with Crippen molar-refractivity contribution in [1.82, 2.24) is 30.0 Å². The highest BCUT2D eigenvalue weighted by atomic mass is 32.2. The van der Waals surface area contributed by atoms with Crippen molar-refractivity contribution in [3.8, 4) is 17.0 Å². The van der Waals surface area contributed by atoms with Crippen molar-refractivity contribution in [3.63, 3.8) is 0 Å². The Morgan fingerprint density at radius 1 is 1.16 bits per heavy atom. The van der Waals surface area contributed by atoms with E-state index in [1.54, 1.807) is 41.8 Å². The Bertz CT molecular complexity index is 1480. The van der Waals surface area contributed by atoms with Crippen molar-refractivity contribution in [3.05, 3.63) is 48.1 Å². The number of likely N-dealkylation sites (tertiary alicyclic amines) is 2. The number of hydrogen-bond acceptors (Lipinski definition) is 9. The van der Waals surface area contributed by atoms with Gasteiger partial charge < -0.3 is 19.9 Å². The number of allylic oxidation sites excluding steroid dienone is 1. The molecule has 0 bridgehead atoms. The molecule has 44 heavy (non-hydrogen) atoms. The molecular weight excluding hydrogens is 590 g/mol. The number of aromatic nitrogens is 2. The number of ether oxygens (including phenoxy) is 1. The number of anilines is 1. The molecule has 2 saturated heterocycles. The SMILES string of the molecule is CSc1ccc(OC(F)F)c(-c2nn(CC(=O)N3CCC(N4CCCCC4)CC3)cc2NC(=O)C2=C3N=CC=CN3NC2)c1. The molecular formula is C30H36F2N8O3S. The van der Waals surface area contributed by atoms with Gasteiger partial charge in [-0.25, -0.2) is 10.4 Å². The number of hydrazine groups is 1. The molecule has 4 aliphatic heterocycles. The number of nitrogens with one attached hydrogen (secondary N) is 2. The van der Waals surface area contributed by atoms with Crippen molar-refractivity contribution >= 4 is 35.5 Å². The van der Waals surface area contributed by atoms with E-state index in [0.29, 0.717) is 30.5 Å². The molecule has 2 N–H and O–H groups in total. The van der Waals surface area contributed by atoms with Gasteiger partial charge in [0.25, 0.3) is 5.91 Å². The fourth-order valence-electron chi connectivity index (χ4n) is 6.16. The van der Waals surface area contributed by atoms with Crippen molar-refractivity contribution in [1.29, 1.82) is 0 Å². The number of fused-ring (bicyclic) bond motifs is 1. The number of amides is 2. The maximum absolute atomic E-state index is 13.5. The van der Waals surface area contributed by atoms with Crippen LogP contribution in [0.2, 0.25) is 0 Å². The predicted molar refractivity (Wildman–Crippen MR) is 164 cm³/mol. The van der Waals surface area contributed by atoms with E-state index in [1.807, 2.05) is 11.2 Å². The first-order valence-electron chi connectivity index (χ1n) is 14.9. The topological polar surface area (TPSA) is 107 Å². The average Bonchev–Trinajstić information content (AvgIpc) is 3.65. The Balaban J connectivity index is 1.25. The highest BCUT2D eigenvalue weighted by Crippen LogP contribution is 2.38. The van der Waals surface area contributed by atoms with Gasteiger partial charge in [0.2, 0.25) is 5.91 Å². The minimum Gasteiger partial charge on any atom is -0.434 e. The lowest BCUT2D eigenvalue weighted by atomic mass is 10.00. The Morgan fingerprint density at radius 2 is 1.95 bits per heavy atom. The number of hydrogen-bond donors (Lipinski definition) is 2. The van der Waals surface area contributed by atoms with E-state index in [4.69, 9.17) is 4.74 Å². The van der Waals surface area contributed by atoms with Crippen molar-refractivity contribution in [2.24, 2.45) is 4.99 Å². The van der Waals surface area contributed by atoms with Crippen molar-refractivity contribution in [2.45, 2.75) is 56.2 Å². The molecule has 5 heterocycles. The molecule has 11 nitrogen and oxygen atoms in total. The smallest absolute Gasteiger partial charge is 0.387 e. The number of benzene rings is 1. The lowest BCUT2D eigenvalue weighted by Gasteiger charge is -2.40. The van der Waals surface area contributed by atoms with E-state index in [-0.39, 0.29) is 41.7 Å². The Labute approximate surface area is 258 Å². The van der Waals surface area contributed by atoms with Crippen LogP contribution in [0.1, 0.15) is 32.1 Å². The zero-order chi connectivity index (χ0) is 30.6. The minimum atomic E-state index is -3.05. The van der Waals surface area contributed by atoms with E-state index in [2.05, 4.69) is 25.7 Å². The molecule has 2 fully saturated rings. The first kappa shape index (κ1) is 30.3. The van der Waals surface area contributed by atoms with Crippen LogP contribution in [-0.2, 0) is 16.1 Å². The van der Waals surface area contributed by atoms with Gasteiger partial charge >= 0.3 is 6.61 Å². The van der Waals surface area contributed by atoms with Gasteiger partial charge in [-0.05, 0) is 69.3 Å². The van der Waals surface area contributed by atoms with Crippen molar-refractivity contribution in [2.75, 3.05) is 44.3 Å². The monoisotopic (exact) mass is 626 g/mol. The normalized spacial score (nSPS) is 19.2. The fraction of sp³-hybridized carbons (Fsp3) is 0.467. The summed E-state index contributed by atoms with van der Waals surface area (Å²) in [6.07, 6.45) is 14.2. The van der Waals surface area contributed by atoms with Crippen LogP contribution in [0.25, 0.3) is 11.3 Å². The zero-order valence-electron chi connectivity index (χ0n) is 24.5. The van der Waals surface area contributed by atoms with E-state index >= 15 is 0 Å². The molecule has 0 aliphatic carbocycles. The van der Waals surface area contributed by atoms with Crippen LogP contribution in [0.5, 0.6) is 5.75 Å². The van der Waals surface area contributed by atoms with Gasteiger partial charge in [0, 0.05) is 54.7 Å². The molecule has 2 aromatic rings. The summed E-state index contributed by atoms with van der Waals surface area (Å²) in [5, 5.41) is 9.19. The van der Waals surface area contributed by atoms with Gasteiger partial charge in [-0.3, -0.25) is 19.3 Å². The maximum atomic E-state index is 13.5. The summed E-state index contributed by atoms with van der Waals surface area (Å²) in [5.41, 5.74) is 4.25. The standard InChI is InChI=1S/C30H36F2N8O3S/c1-44-21-6-7-25(43-30(31)32)22(16-21)27-24(35-29(42)23-17-34-40-13-5-10-33-28(23)40)18-39(36-27)19-26(41)38-14-8-20(9-15-38)37-11-3-2-4-12-37/h5-7,10,13,16,18,20,30,34H,2-4,8-9,11-12,14-15,17,19H2,1H3,(H,35,42). The number of aliphatic imine (C=N–C) groups is 1. The molecule has 4 aliphatic rings. The Morgan fingerprint density at radius 3 is 2.70 bits per heavy atom. The second-order valence-electron chi connectivity index (χ2n) is 11.1. The van der Waals surface area contributed by atoms with Crippen LogP contribution < -0.4 is 15.5 Å². The van der Waals surface area contributed by atoms with Crippen molar-refractivity contribution < 1.29 is 23.1 Å². The summed E-state index contributed by atoms with van der Waals surface area (Å²) >= 11 is 1.43. The molecule has 14 heteroatoms. The molecule has 2 amide bonds. The first-order chi connectivity index (χ1) is 21.4. The van der Waals surface area contributed by atoms with E-state index < -0.39 is 12.5 Å². The molecule has 0 saturated carbocycles. The summed E-state index contributed by atoms with van der Waals surface area (Å²) in [6.45, 7) is 0.762. The number of thioether (sulfide) groups is 1. The van der Waals surface area contributed by atoms with E-state index in [0.717, 1.165) is 30.8 Å². The van der Waals surface area contributed by atoms with Gasteiger partial charge in [-0.1, -0.05) is 6.42 Å². The number of rotatable bonds is 9. The summed E-state index contributed by atoms with van der Waals surface area (Å²) in [5.74, 6) is -0.123. The molecule has 0 spiro atoms. The molecule has 0 radical (unpaired) electrons. The zero-order valence-corrected chi connectivity index (χ0v) is 25.4. The van der Waals surface area contributed by atoms with Gasteiger partial charge in [0.15, 0.2) is 5.82 Å². The first-order valence-corrected chi connectivity index (χ1v) is 16.1. The molecule has 234 valence electrons. The van der Waals surface area contributed by atoms with Crippen LogP contribution in [0.4, 0.5) is 14.5 Å². The van der Waals surface area contributed by atoms with E-state index in [9.17, 15) is 18.4 Å². The largest absolute Gasteiger partial charge is 0.434 e. The molecule has 0 atom stereocenters. The Hall–Kier alpha value is -3.75. The fourth-order valence-corrected chi connectivity index (χ4v) is 6.60. The highest BCUT2D eigenvalue weighted by molar-refractivity contribution is 7.98. The number of piperidine rings is 2. The number of halogens is 2. The predicted octanol–water partition coefficient (Wildman–Crippen LogP) is 3.92. The third kappa shape index (κ3) is 6.66. The highest BCUT2D eigenvalue weighted by Gasteiger charge is 2.30. The second-order valence-corrected chi connectivity index (χ2v) is 12.0. The van der Waals surface area contributed by atoms with Gasteiger partial charge in [-0.15, -0.1) is 11.8 Å². The van der Waals surface area contributed by atoms with Crippen LogP contribution >= 0.6 is 11.8 Å². The lowest BCUT2D eigenvalue weighted by molar-refractivity contribution is -0.133. The molecule has 1 aromatic heterocycles. The molecule has 1 aromatic carbocycles. The third-order valence-electron chi connectivity index (χ3n) is 8.41. The summed E-state index contributed by atoms with van der Waals surface area (Å²) in [4.78, 5) is 36.4. The van der Waals surface area contributed by atoms with Gasteiger partial charge in [0.1, 0.15) is 18.0 Å². The molecule has 0 unspecified atom stereocenters. The van der Waals surface area contributed by atoms with Crippen LogP contribution in [0, 0.1) is 0 Å².